The summed E-state index contributed by atoms with van der Waals surface area (Å²) >= 11 is 0. The largest absolute Gasteiger partial charge is 0.385 e. The first-order chi connectivity index (χ1) is 12.2. The van der Waals surface area contributed by atoms with Crippen LogP contribution in [0.4, 0.5) is 0 Å². The van der Waals surface area contributed by atoms with Crippen LogP contribution in [-0.4, -0.2) is 28.5 Å². The Bertz CT molecular complexity index is 908. The normalized spacial score (nSPS) is 10.6. The van der Waals surface area contributed by atoms with Gasteiger partial charge in [0.25, 0.3) is 0 Å². The quantitative estimate of drug-likeness (QED) is 0.644. The molecule has 0 N–H and O–H groups in total. The fraction of sp³-hybridized carbons (Fsp3) is 0.250. The van der Waals surface area contributed by atoms with E-state index in [2.05, 4.69) is 16.2 Å². The molecule has 0 spiro atoms. The lowest BCUT2D eigenvalue weighted by molar-refractivity contribution is 0.189. The van der Waals surface area contributed by atoms with Gasteiger partial charge in [-0.2, -0.15) is 10.4 Å². The second-order valence-corrected chi connectivity index (χ2v) is 5.85. The zero-order chi connectivity index (χ0) is 17.6. The molecule has 0 aliphatic carbocycles. The number of hydrogen-bond donors (Lipinski definition) is 0. The topological polar surface area (TPSA) is 63.7 Å². The number of nitrogens with zero attached hydrogens (tertiary/aromatic N) is 4. The van der Waals surface area contributed by atoms with Crippen LogP contribution in [0.3, 0.4) is 0 Å². The van der Waals surface area contributed by atoms with E-state index < -0.39 is 0 Å². The zero-order valence-corrected chi connectivity index (χ0v) is 14.4. The highest BCUT2D eigenvalue weighted by atomic mass is 16.5. The summed E-state index contributed by atoms with van der Waals surface area (Å²) in [7, 11) is 1.70. The minimum Gasteiger partial charge on any atom is -0.385 e. The smallest absolute Gasteiger partial charge is 0.101 e. The lowest BCUT2D eigenvalue weighted by atomic mass is 10.0. The maximum atomic E-state index is 9.35. The van der Waals surface area contributed by atoms with Crippen LogP contribution < -0.4 is 0 Å². The van der Waals surface area contributed by atoms with Gasteiger partial charge in [-0.1, -0.05) is 18.2 Å². The maximum absolute atomic E-state index is 9.35. The van der Waals surface area contributed by atoms with Gasteiger partial charge in [0.15, 0.2) is 0 Å². The molecule has 0 bridgehead atoms. The van der Waals surface area contributed by atoms with Crippen LogP contribution in [0.2, 0.25) is 0 Å². The number of pyridine rings is 1. The van der Waals surface area contributed by atoms with Crippen molar-refractivity contribution in [1.29, 1.82) is 5.26 Å². The highest BCUT2D eigenvalue weighted by Crippen LogP contribution is 2.26. The Balaban J connectivity index is 1.90. The van der Waals surface area contributed by atoms with Crippen LogP contribution in [0.1, 0.15) is 17.7 Å². The first kappa shape index (κ1) is 16.9. The Morgan fingerprint density at radius 2 is 2.00 bits per heavy atom. The molecule has 0 amide bonds. The monoisotopic (exact) mass is 332 g/mol. The lowest BCUT2D eigenvalue weighted by Crippen LogP contribution is -2.01. The van der Waals surface area contributed by atoms with Crippen molar-refractivity contribution in [1.82, 2.24) is 14.8 Å². The number of methoxy groups -OCH3 is 1. The summed E-state index contributed by atoms with van der Waals surface area (Å²) in [5, 5.41) is 14.0. The molecule has 0 unspecified atom stereocenters. The van der Waals surface area contributed by atoms with Crippen molar-refractivity contribution in [3.63, 3.8) is 0 Å². The highest BCUT2D eigenvalue weighted by molar-refractivity contribution is 5.72. The molecule has 2 heterocycles. The number of ether oxygens (including phenoxy) is 1. The predicted molar refractivity (Wildman–Crippen MR) is 96.8 cm³/mol. The molecule has 0 atom stereocenters. The second kappa shape index (κ2) is 7.73. The van der Waals surface area contributed by atoms with Crippen LogP contribution in [0.25, 0.3) is 22.5 Å². The number of rotatable bonds is 6. The van der Waals surface area contributed by atoms with Gasteiger partial charge < -0.3 is 4.74 Å². The van der Waals surface area contributed by atoms with Crippen molar-refractivity contribution in [2.24, 2.45) is 0 Å². The Kier molecular flexibility index (Phi) is 5.22. The van der Waals surface area contributed by atoms with Gasteiger partial charge >= 0.3 is 0 Å². The van der Waals surface area contributed by atoms with E-state index in [4.69, 9.17) is 4.74 Å². The lowest BCUT2D eigenvalue weighted by Gasteiger charge is -2.06. The molecule has 0 aliphatic heterocycles. The fourth-order valence-electron chi connectivity index (χ4n) is 2.70. The summed E-state index contributed by atoms with van der Waals surface area (Å²) in [5.74, 6) is 0. The van der Waals surface area contributed by atoms with Gasteiger partial charge in [-0.3, -0.25) is 9.67 Å². The van der Waals surface area contributed by atoms with Crippen LogP contribution in [-0.2, 0) is 11.3 Å². The molecule has 126 valence electrons. The van der Waals surface area contributed by atoms with E-state index in [9.17, 15) is 5.26 Å². The molecule has 0 saturated carbocycles. The first-order valence-electron chi connectivity index (χ1n) is 8.22. The molecule has 5 heteroatoms. The Morgan fingerprint density at radius 1 is 1.16 bits per heavy atom. The molecule has 5 nitrogen and oxygen atoms in total. The molecule has 0 aliphatic rings. The number of aromatic nitrogens is 3. The summed E-state index contributed by atoms with van der Waals surface area (Å²) in [6.07, 6.45) is 2.90. The van der Waals surface area contributed by atoms with Crippen LogP contribution in [0.5, 0.6) is 0 Å². The molecule has 3 rings (SSSR count). The molecule has 0 fully saturated rings. The number of benzene rings is 1. The van der Waals surface area contributed by atoms with E-state index in [0.717, 1.165) is 42.1 Å². The summed E-state index contributed by atoms with van der Waals surface area (Å²) in [5.41, 5.74) is 5.02. The molecular formula is C20H20N4O. The summed E-state index contributed by atoms with van der Waals surface area (Å²) in [6, 6.07) is 15.9. The summed E-state index contributed by atoms with van der Waals surface area (Å²) in [4.78, 5) is 4.54. The van der Waals surface area contributed by atoms with E-state index >= 15 is 0 Å². The minimum atomic E-state index is 0.577. The Labute approximate surface area is 147 Å². The first-order valence-corrected chi connectivity index (χ1v) is 8.22. The van der Waals surface area contributed by atoms with Gasteiger partial charge in [0, 0.05) is 43.3 Å². The highest BCUT2D eigenvalue weighted by Gasteiger charge is 2.10. The van der Waals surface area contributed by atoms with Gasteiger partial charge in [-0.25, -0.2) is 0 Å². The van der Waals surface area contributed by atoms with Gasteiger partial charge in [-0.15, -0.1) is 0 Å². The van der Waals surface area contributed by atoms with E-state index in [1.54, 1.807) is 7.11 Å². The standard InChI is InChI=1S/C20H20N4O/c1-15-7-8-18(14-21)20(22-15)17-6-3-5-16(13-17)19-9-11-24(23-19)10-4-12-25-2/h3,5-9,11,13H,4,10,12H2,1-2H3. The van der Waals surface area contributed by atoms with E-state index in [1.807, 2.05) is 60.3 Å². The molecule has 25 heavy (non-hydrogen) atoms. The van der Waals surface area contributed by atoms with Crippen LogP contribution in [0, 0.1) is 18.3 Å². The maximum Gasteiger partial charge on any atom is 0.101 e. The van der Waals surface area contributed by atoms with Gasteiger partial charge in [0.1, 0.15) is 6.07 Å². The van der Waals surface area contributed by atoms with Gasteiger partial charge in [-0.05, 0) is 37.6 Å². The third-order valence-corrected chi connectivity index (χ3v) is 3.96. The van der Waals surface area contributed by atoms with Crippen LogP contribution in [0.15, 0.2) is 48.7 Å². The molecule has 3 aromatic rings. The minimum absolute atomic E-state index is 0.577. The Hall–Kier alpha value is -2.97. The molecule has 1 aromatic carbocycles. The zero-order valence-electron chi connectivity index (χ0n) is 14.4. The second-order valence-electron chi connectivity index (χ2n) is 5.85. The van der Waals surface area contributed by atoms with Crippen molar-refractivity contribution < 1.29 is 4.74 Å². The molecular weight excluding hydrogens is 312 g/mol. The number of aryl methyl sites for hydroxylation is 2. The van der Waals surface area contributed by atoms with Crippen molar-refractivity contribution >= 4 is 0 Å². The Morgan fingerprint density at radius 3 is 2.80 bits per heavy atom. The summed E-state index contributed by atoms with van der Waals surface area (Å²) in [6.45, 7) is 3.47. The fourth-order valence-corrected chi connectivity index (χ4v) is 2.70. The molecule has 0 radical (unpaired) electrons. The van der Waals surface area contributed by atoms with Gasteiger partial charge in [0.05, 0.1) is 17.0 Å². The summed E-state index contributed by atoms with van der Waals surface area (Å²) < 4.78 is 7.00. The van der Waals surface area contributed by atoms with Crippen molar-refractivity contribution in [2.75, 3.05) is 13.7 Å². The third kappa shape index (κ3) is 3.93. The predicted octanol–water partition coefficient (Wildman–Crippen LogP) is 3.83. The molecule has 2 aromatic heterocycles. The number of hydrogen-bond acceptors (Lipinski definition) is 4. The van der Waals surface area contributed by atoms with Crippen molar-refractivity contribution in [2.45, 2.75) is 19.9 Å². The van der Waals surface area contributed by atoms with Crippen molar-refractivity contribution in [3.8, 4) is 28.6 Å². The molecule has 0 saturated heterocycles. The number of nitriles is 1. The van der Waals surface area contributed by atoms with Gasteiger partial charge in [0.2, 0.25) is 0 Å². The average molecular weight is 332 g/mol. The van der Waals surface area contributed by atoms with Crippen LogP contribution >= 0.6 is 0 Å². The average Bonchev–Trinajstić information content (AvgIpc) is 3.11. The van der Waals surface area contributed by atoms with E-state index in [1.165, 1.54) is 0 Å². The van der Waals surface area contributed by atoms with E-state index in [0.29, 0.717) is 11.3 Å². The van der Waals surface area contributed by atoms with E-state index in [-0.39, 0.29) is 0 Å². The van der Waals surface area contributed by atoms with Crippen molar-refractivity contribution in [3.05, 3.63) is 59.9 Å². The SMILES string of the molecule is COCCCn1ccc(-c2cccc(-c3nc(C)ccc3C#N)c2)n1. The third-order valence-electron chi connectivity index (χ3n) is 3.96.